The Hall–Kier alpha value is -3.23. The molecule has 1 aromatic heterocycles. The normalized spacial score (nSPS) is 10.3. The highest BCUT2D eigenvalue weighted by Gasteiger charge is 2.21. The zero-order valence-electron chi connectivity index (χ0n) is 13.4. The van der Waals surface area contributed by atoms with Crippen molar-refractivity contribution in [1.82, 2.24) is 4.57 Å². The van der Waals surface area contributed by atoms with Crippen LogP contribution in [0.25, 0.3) is 16.8 Å². The maximum absolute atomic E-state index is 12.0. The third-order valence-electron chi connectivity index (χ3n) is 3.85. The van der Waals surface area contributed by atoms with Gasteiger partial charge >= 0.3 is 5.97 Å². The molecule has 2 aromatic carbocycles. The van der Waals surface area contributed by atoms with Crippen molar-refractivity contribution < 1.29 is 9.53 Å². The number of hydrogen-bond donors (Lipinski definition) is 1. The van der Waals surface area contributed by atoms with E-state index in [0.717, 1.165) is 11.1 Å². The van der Waals surface area contributed by atoms with Gasteiger partial charge in [-0.2, -0.15) is 5.26 Å². The monoisotopic (exact) mass is 351 g/mol. The molecule has 3 aromatic rings. The van der Waals surface area contributed by atoms with Gasteiger partial charge in [-0.15, -0.1) is 0 Å². The summed E-state index contributed by atoms with van der Waals surface area (Å²) in [5.41, 5.74) is 9.02. The Kier molecular flexibility index (Phi) is 4.46. The van der Waals surface area contributed by atoms with Crippen molar-refractivity contribution >= 4 is 23.3 Å². The number of methoxy groups -OCH3 is 1. The maximum atomic E-state index is 12.0. The van der Waals surface area contributed by atoms with E-state index in [-0.39, 0.29) is 16.9 Å². The lowest BCUT2D eigenvalue weighted by molar-refractivity contribution is 0.0593. The second-order valence-corrected chi connectivity index (χ2v) is 5.77. The Labute approximate surface area is 149 Å². The first kappa shape index (κ1) is 16.6. The molecule has 0 fully saturated rings. The molecule has 3 rings (SSSR count). The number of halogens is 1. The van der Waals surface area contributed by atoms with Gasteiger partial charge in [-0.1, -0.05) is 35.9 Å². The molecule has 0 saturated heterocycles. The van der Waals surface area contributed by atoms with Crippen LogP contribution in [-0.2, 0) is 4.74 Å². The molecule has 5 nitrogen and oxygen atoms in total. The molecular formula is C19H14ClN3O2. The second kappa shape index (κ2) is 6.71. The van der Waals surface area contributed by atoms with Gasteiger partial charge in [0.05, 0.1) is 18.4 Å². The minimum absolute atomic E-state index is 0.105. The molecular weight excluding hydrogens is 338 g/mol. The van der Waals surface area contributed by atoms with Crippen molar-refractivity contribution in [2.24, 2.45) is 0 Å². The molecule has 0 amide bonds. The standard InChI is InChI=1S/C19H14ClN3O2/c1-25-19(24)18-17(22)14(10-21)11-23(18)16-7-5-12(6-8-16)13-3-2-4-15(20)9-13/h2-9,11H,22H2,1H3. The number of hydrogen-bond acceptors (Lipinski definition) is 4. The molecule has 2 N–H and O–H groups in total. The molecule has 0 unspecified atom stereocenters. The summed E-state index contributed by atoms with van der Waals surface area (Å²) in [6.45, 7) is 0. The van der Waals surface area contributed by atoms with Crippen LogP contribution >= 0.6 is 11.6 Å². The fourth-order valence-corrected chi connectivity index (χ4v) is 2.79. The number of rotatable bonds is 3. The molecule has 124 valence electrons. The molecule has 25 heavy (non-hydrogen) atoms. The van der Waals surface area contributed by atoms with Crippen LogP contribution in [0.5, 0.6) is 0 Å². The van der Waals surface area contributed by atoms with Gasteiger partial charge < -0.3 is 15.0 Å². The SMILES string of the molecule is COC(=O)c1c(N)c(C#N)cn1-c1ccc(-c2cccc(Cl)c2)cc1. The molecule has 6 heteroatoms. The number of anilines is 1. The van der Waals surface area contributed by atoms with E-state index in [0.29, 0.717) is 10.7 Å². The van der Waals surface area contributed by atoms with Gasteiger partial charge in [0, 0.05) is 16.9 Å². The summed E-state index contributed by atoms with van der Waals surface area (Å²) in [6, 6.07) is 17.0. The van der Waals surface area contributed by atoms with E-state index in [1.165, 1.54) is 13.3 Å². The van der Waals surface area contributed by atoms with E-state index in [1.54, 1.807) is 4.57 Å². The van der Waals surface area contributed by atoms with Gasteiger partial charge in [0.2, 0.25) is 0 Å². The van der Waals surface area contributed by atoms with Gasteiger partial charge in [0.1, 0.15) is 6.07 Å². The highest BCUT2D eigenvalue weighted by Crippen LogP contribution is 2.27. The van der Waals surface area contributed by atoms with E-state index in [9.17, 15) is 4.79 Å². The number of ether oxygens (including phenoxy) is 1. The highest BCUT2D eigenvalue weighted by molar-refractivity contribution is 6.30. The van der Waals surface area contributed by atoms with Crippen molar-refractivity contribution in [1.29, 1.82) is 5.26 Å². The zero-order chi connectivity index (χ0) is 18.0. The van der Waals surface area contributed by atoms with Crippen LogP contribution in [0.15, 0.2) is 54.7 Å². The molecule has 0 aliphatic rings. The van der Waals surface area contributed by atoms with Crippen molar-refractivity contribution in [3.63, 3.8) is 0 Å². The van der Waals surface area contributed by atoms with E-state index in [1.807, 2.05) is 54.6 Å². The minimum Gasteiger partial charge on any atom is -0.464 e. The number of nitriles is 1. The van der Waals surface area contributed by atoms with Crippen molar-refractivity contribution in [2.75, 3.05) is 12.8 Å². The summed E-state index contributed by atoms with van der Waals surface area (Å²) < 4.78 is 6.34. The molecule has 1 heterocycles. The van der Waals surface area contributed by atoms with Crippen LogP contribution < -0.4 is 5.73 Å². The summed E-state index contributed by atoms with van der Waals surface area (Å²) in [6.07, 6.45) is 1.52. The Morgan fingerprint density at radius 1 is 1.20 bits per heavy atom. The van der Waals surface area contributed by atoms with Crippen molar-refractivity contribution in [3.05, 3.63) is 71.0 Å². The van der Waals surface area contributed by atoms with Crippen LogP contribution in [0.2, 0.25) is 5.02 Å². The first-order chi connectivity index (χ1) is 12.0. The molecule has 0 spiro atoms. The van der Waals surface area contributed by atoms with Crippen LogP contribution in [0, 0.1) is 11.3 Å². The quantitative estimate of drug-likeness (QED) is 0.722. The summed E-state index contributed by atoms with van der Waals surface area (Å²) in [5, 5.41) is 9.83. The summed E-state index contributed by atoms with van der Waals surface area (Å²) >= 11 is 6.03. The lowest BCUT2D eigenvalue weighted by Gasteiger charge is -2.09. The summed E-state index contributed by atoms with van der Waals surface area (Å²) in [7, 11) is 1.27. The number of nitrogens with zero attached hydrogens (tertiary/aromatic N) is 2. The first-order valence-electron chi connectivity index (χ1n) is 7.40. The van der Waals surface area contributed by atoms with E-state index in [2.05, 4.69) is 0 Å². The smallest absolute Gasteiger partial charge is 0.357 e. The third kappa shape index (κ3) is 3.08. The molecule has 0 bridgehead atoms. The van der Waals surface area contributed by atoms with Crippen LogP contribution in [0.4, 0.5) is 5.69 Å². The number of nitrogen functional groups attached to an aromatic ring is 1. The molecule has 0 saturated carbocycles. The Morgan fingerprint density at radius 2 is 1.92 bits per heavy atom. The lowest BCUT2D eigenvalue weighted by Crippen LogP contribution is -2.11. The lowest BCUT2D eigenvalue weighted by atomic mass is 10.1. The van der Waals surface area contributed by atoms with Crippen molar-refractivity contribution in [3.8, 4) is 22.9 Å². The number of aromatic nitrogens is 1. The van der Waals surface area contributed by atoms with Gasteiger partial charge in [-0.25, -0.2) is 4.79 Å². The third-order valence-corrected chi connectivity index (χ3v) is 4.08. The average Bonchev–Trinajstić information content (AvgIpc) is 2.97. The summed E-state index contributed by atoms with van der Waals surface area (Å²) in [5.74, 6) is -0.599. The Bertz CT molecular complexity index is 985. The van der Waals surface area contributed by atoms with E-state index >= 15 is 0 Å². The van der Waals surface area contributed by atoms with Crippen LogP contribution in [-0.4, -0.2) is 17.6 Å². The fraction of sp³-hybridized carbons (Fsp3) is 0.0526. The number of esters is 1. The first-order valence-corrected chi connectivity index (χ1v) is 7.78. The summed E-state index contributed by atoms with van der Waals surface area (Å²) in [4.78, 5) is 12.0. The van der Waals surface area contributed by atoms with Gasteiger partial charge in [-0.3, -0.25) is 0 Å². The van der Waals surface area contributed by atoms with Crippen molar-refractivity contribution in [2.45, 2.75) is 0 Å². The van der Waals surface area contributed by atoms with E-state index < -0.39 is 5.97 Å². The molecule has 0 atom stereocenters. The average molecular weight is 352 g/mol. The van der Waals surface area contributed by atoms with Crippen LogP contribution in [0.3, 0.4) is 0 Å². The predicted octanol–water partition coefficient (Wildman–Crippen LogP) is 4.04. The maximum Gasteiger partial charge on any atom is 0.357 e. The topological polar surface area (TPSA) is 81.0 Å². The molecule has 0 radical (unpaired) electrons. The molecule has 0 aliphatic heterocycles. The fourth-order valence-electron chi connectivity index (χ4n) is 2.60. The Morgan fingerprint density at radius 3 is 2.52 bits per heavy atom. The van der Waals surface area contributed by atoms with Gasteiger partial charge in [0.25, 0.3) is 0 Å². The second-order valence-electron chi connectivity index (χ2n) is 5.34. The van der Waals surface area contributed by atoms with E-state index in [4.69, 9.17) is 27.3 Å². The predicted molar refractivity (Wildman–Crippen MR) is 96.7 cm³/mol. The largest absolute Gasteiger partial charge is 0.464 e. The Balaban J connectivity index is 2.06. The number of carbonyl (C=O) groups excluding carboxylic acids is 1. The highest BCUT2D eigenvalue weighted by atomic mass is 35.5. The minimum atomic E-state index is -0.599. The zero-order valence-corrected chi connectivity index (χ0v) is 14.1. The van der Waals surface area contributed by atoms with Crippen LogP contribution in [0.1, 0.15) is 16.1 Å². The number of benzene rings is 2. The number of carbonyl (C=O) groups is 1. The molecule has 0 aliphatic carbocycles. The van der Waals surface area contributed by atoms with Gasteiger partial charge in [-0.05, 0) is 35.4 Å². The van der Waals surface area contributed by atoms with Gasteiger partial charge in [0.15, 0.2) is 5.69 Å². The number of nitrogens with two attached hydrogens (primary N) is 1.